The Morgan fingerprint density at radius 2 is 2.00 bits per heavy atom. The van der Waals surface area contributed by atoms with Crippen molar-refractivity contribution in [3.8, 4) is 0 Å². The van der Waals surface area contributed by atoms with E-state index in [1.807, 2.05) is 27.7 Å². The smallest absolute Gasteiger partial charge is 0.129 e. The number of nitrogens with one attached hydrogen (secondary N) is 1. The molecule has 1 fully saturated rings. The zero-order chi connectivity index (χ0) is 15.8. The lowest BCUT2D eigenvalue weighted by Gasteiger charge is -2.32. The van der Waals surface area contributed by atoms with Gasteiger partial charge in [0, 0.05) is 18.0 Å². The number of halogens is 2. The molecule has 0 amide bonds. The van der Waals surface area contributed by atoms with Crippen LogP contribution in [0.1, 0.15) is 39.7 Å². The van der Waals surface area contributed by atoms with Crippen LogP contribution in [0.25, 0.3) is 0 Å². The lowest BCUT2D eigenvalue weighted by molar-refractivity contribution is -0.0776. The van der Waals surface area contributed by atoms with Crippen LogP contribution in [0.15, 0.2) is 18.2 Å². The average molecular weight is 298 g/mol. The fourth-order valence-electron chi connectivity index (χ4n) is 3.47. The predicted octanol–water partition coefficient (Wildman–Crippen LogP) is 2.93. The first-order valence-corrected chi connectivity index (χ1v) is 7.25. The molecule has 2 unspecified atom stereocenters. The molecule has 1 aromatic rings. The van der Waals surface area contributed by atoms with Crippen molar-refractivity contribution in [3.05, 3.63) is 35.4 Å². The van der Waals surface area contributed by atoms with Gasteiger partial charge in [0.25, 0.3) is 0 Å². The molecular formula is C16H24F2N2O. The molecule has 5 heteroatoms. The molecule has 1 saturated heterocycles. The number of hydrazine groups is 1. The van der Waals surface area contributed by atoms with Crippen LogP contribution in [0.3, 0.4) is 0 Å². The van der Waals surface area contributed by atoms with Crippen LogP contribution >= 0.6 is 0 Å². The molecule has 0 radical (unpaired) electrons. The fourth-order valence-corrected chi connectivity index (χ4v) is 3.47. The first-order chi connectivity index (χ1) is 9.64. The van der Waals surface area contributed by atoms with E-state index in [-0.39, 0.29) is 23.2 Å². The van der Waals surface area contributed by atoms with Crippen molar-refractivity contribution < 1.29 is 13.5 Å². The van der Waals surface area contributed by atoms with Crippen LogP contribution in [0.4, 0.5) is 8.78 Å². The molecule has 0 spiro atoms. The summed E-state index contributed by atoms with van der Waals surface area (Å²) in [4.78, 5) is 0. The highest BCUT2D eigenvalue weighted by molar-refractivity contribution is 5.20. The molecule has 0 saturated carbocycles. The second-order valence-electron chi connectivity index (χ2n) is 6.99. The van der Waals surface area contributed by atoms with E-state index in [2.05, 4.69) is 5.43 Å². The van der Waals surface area contributed by atoms with Gasteiger partial charge in [-0.15, -0.1) is 0 Å². The van der Waals surface area contributed by atoms with Gasteiger partial charge in [-0.1, -0.05) is 6.07 Å². The largest absolute Gasteiger partial charge is 0.369 e. The van der Waals surface area contributed by atoms with E-state index in [1.54, 1.807) is 0 Å². The molecule has 118 valence electrons. The lowest BCUT2D eigenvalue weighted by atomic mass is 9.79. The Balaban J connectivity index is 2.20. The van der Waals surface area contributed by atoms with Crippen molar-refractivity contribution in [1.82, 2.24) is 5.43 Å². The minimum absolute atomic E-state index is 0.137. The minimum atomic E-state index is -0.570. The summed E-state index contributed by atoms with van der Waals surface area (Å²) in [7, 11) is 0. The third-order valence-corrected chi connectivity index (χ3v) is 4.30. The first kappa shape index (κ1) is 16.3. The molecule has 1 aliphatic heterocycles. The Bertz CT molecular complexity index is 517. The highest BCUT2D eigenvalue weighted by Crippen LogP contribution is 2.44. The maximum atomic E-state index is 13.8. The quantitative estimate of drug-likeness (QED) is 0.663. The molecule has 1 aliphatic rings. The molecule has 3 nitrogen and oxygen atoms in total. The second-order valence-corrected chi connectivity index (χ2v) is 6.99. The molecule has 3 N–H and O–H groups in total. The average Bonchev–Trinajstić information content (AvgIpc) is 2.56. The summed E-state index contributed by atoms with van der Waals surface area (Å²) in [6.45, 7) is 8.14. The van der Waals surface area contributed by atoms with E-state index in [4.69, 9.17) is 10.6 Å². The van der Waals surface area contributed by atoms with Gasteiger partial charge in [0.05, 0.1) is 11.2 Å². The Kier molecular flexibility index (Phi) is 4.38. The van der Waals surface area contributed by atoms with Gasteiger partial charge in [-0.2, -0.15) is 0 Å². The van der Waals surface area contributed by atoms with E-state index in [0.717, 1.165) is 12.5 Å². The molecular weight excluding hydrogens is 274 g/mol. The SMILES string of the molecule is CC1(C)CC(C(Cc2ccc(F)cc2F)NN)C(C)(C)O1. The molecule has 0 aromatic heterocycles. The van der Waals surface area contributed by atoms with Crippen LogP contribution in [0.5, 0.6) is 0 Å². The zero-order valence-electron chi connectivity index (χ0n) is 13.0. The molecule has 0 bridgehead atoms. The Morgan fingerprint density at radius 3 is 2.48 bits per heavy atom. The fraction of sp³-hybridized carbons (Fsp3) is 0.625. The summed E-state index contributed by atoms with van der Waals surface area (Å²) in [6, 6.07) is 3.51. The minimum Gasteiger partial charge on any atom is -0.369 e. The highest BCUT2D eigenvalue weighted by atomic mass is 19.1. The van der Waals surface area contributed by atoms with Gasteiger partial charge >= 0.3 is 0 Å². The van der Waals surface area contributed by atoms with Crippen molar-refractivity contribution in [1.29, 1.82) is 0 Å². The molecule has 1 aromatic carbocycles. The predicted molar refractivity (Wildman–Crippen MR) is 78.5 cm³/mol. The maximum absolute atomic E-state index is 13.8. The number of hydrogen-bond acceptors (Lipinski definition) is 3. The summed E-state index contributed by atoms with van der Waals surface area (Å²) in [5.41, 5.74) is 2.66. The molecule has 2 atom stereocenters. The van der Waals surface area contributed by atoms with Crippen molar-refractivity contribution in [2.24, 2.45) is 11.8 Å². The van der Waals surface area contributed by atoms with Crippen LogP contribution in [-0.4, -0.2) is 17.2 Å². The van der Waals surface area contributed by atoms with Gasteiger partial charge in [-0.3, -0.25) is 11.3 Å². The van der Waals surface area contributed by atoms with E-state index >= 15 is 0 Å². The van der Waals surface area contributed by atoms with Gasteiger partial charge in [0.2, 0.25) is 0 Å². The van der Waals surface area contributed by atoms with E-state index in [9.17, 15) is 8.78 Å². The Hall–Kier alpha value is -1.04. The van der Waals surface area contributed by atoms with Crippen molar-refractivity contribution in [3.63, 3.8) is 0 Å². The molecule has 0 aliphatic carbocycles. The lowest BCUT2D eigenvalue weighted by Crippen LogP contribution is -2.48. The molecule has 1 heterocycles. The second kappa shape index (κ2) is 5.63. The number of nitrogens with two attached hydrogens (primary N) is 1. The normalized spacial score (nSPS) is 25.0. The van der Waals surface area contributed by atoms with E-state index in [1.165, 1.54) is 12.1 Å². The molecule has 2 rings (SSSR count). The van der Waals surface area contributed by atoms with Gasteiger partial charge in [-0.25, -0.2) is 8.78 Å². The Morgan fingerprint density at radius 1 is 1.33 bits per heavy atom. The van der Waals surface area contributed by atoms with Crippen LogP contribution in [0, 0.1) is 17.6 Å². The zero-order valence-corrected chi connectivity index (χ0v) is 13.0. The van der Waals surface area contributed by atoms with E-state index < -0.39 is 11.6 Å². The standard InChI is InChI=1S/C16H24F2N2O/c1-15(2)9-12(16(3,4)21-15)14(20-19)7-10-5-6-11(17)8-13(10)18/h5-6,8,12,14,20H,7,9,19H2,1-4H3. The van der Waals surface area contributed by atoms with Crippen LogP contribution in [-0.2, 0) is 11.2 Å². The summed E-state index contributed by atoms with van der Waals surface area (Å²) in [5, 5.41) is 0. The first-order valence-electron chi connectivity index (χ1n) is 7.25. The number of rotatable bonds is 4. The summed E-state index contributed by atoms with van der Waals surface area (Å²) in [6.07, 6.45) is 1.23. The third kappa shape index (κ3) is 3.59. The van der Waals surface area contributed by atoms with Crippen molar-refractivity contribution in [2.45, 2.75) is 57.8 Å². The van der Waals surface area contributed by atoms with Gasteiger partial charge < -0.3 is 4.74 Å². The summed E-state index contributed by atoms with van der Waals surface area (Å²) in [5.74, 6) is 4.72. The number of ether oxygens (including phenoxy) is 1. The van der Waals surface area contributed by atoms with Crippen LogP contribution < -0.4 is 11.3 Å². The summed E-state index contributed by atoms with van der Waals surface area (Å²) < 4.78 is 32.9. The van der Waals surface area contributed by atoms with Gasteiger partial charge in [-0.05, 0) is 52.2 Å². The maximum Gasteiger partial charge on any atom is 0.129 e. The highest BCUT2D eigenvalue weighted by Gasteiger charge is 2.48. The Labute approximate surface area is 124 Å². The third-order valence-electron chi connectivity index (χ3n) is 4.30. The van der Waals surface area contributed by atoms with Crippen molar-refractivity contribution >= 4 is 0 Å². The van der Waals surface area contributed by atoms with Gasteiger partial charge in [0.1, 0.15) is 11.6 Å². The van der Waals surface area contributed by atoms with Crippen LogP contribution in [0.2, 0.25) is 0 Å². The van der Waals surface area contributed by atoms with Crippen molar-refractivity contribution in [2.75, 3.05) is 0 Å². The number of hydrogen-bond donors (Lipinski definition) is 2. The topological polar surface area (TPSA) is 47.3 Å². The van der Waals surface area contributed by atoms with E-state index in [0.29, 0.717) is 12.0 Å². The van der Waals surface area contributed by atoms with Gasteiger partial charge in [0.15, 0.2) is 0 Å². The monoisotopic (exact) mass is 298 g/mol. The number of benzene rings is 1. The summed E-state index contributed by atoms with van der Waals surface area (Å²) >= 11 is 0. The molecule has 21 heavy (non-hydrogen) atoms.